The summed E-state index contributed by atoms with van der Waals surface area (Å²) < 4.78 is 10.7. The van der Waals surface area contributed by atoms with Crippen LogP contribution < -0.4 is 10.6 Å². The molecule has 0 unspecified atom stereocenters. The SMILES string of the molecule is CC(C)CNC(=O)COCCOCCNC(=O)CN1CCN(CC(=O)O)CCN(CC(=O)O)CCN(CC(=O)O)CC1. The Labute approximate surface area is 246 Å². The van der Waals surface area contributed by atoms with Gasteiger partial charge in [-0.15, -0.1) is 0 Å². The molecular formula is C26H48N6O10. The van der Waals surface area contributed by atoms with E-state index in [0.717, 1.165) is 0 Å². The van der Waals surface area contributed by atoms with Gasteiger partial charge in [0, 0.05) is 65.4 Å². The Bertz CT molecular complexity index is 814. The van der Waals surface area contributed by atoms with Gasteiger partial charge in [0.25, 0.3) is 0 Å². The van der Waals surface area contributed by atoms with Gasteiger partial charge in [0.05, 0.1) is 46.0 Å². The van der Waals surface area contributed by atoms with Crippen molar-refractivity contribution in [1.29, 1.82) is 0 Å². The topological polar surface area (TPSA) is 202 Å². The number of carbonyl (C=O) groups is 5. The van der Waals surface area contributed by atoms with Gasteiger partial charge < -0.3 is 35.4 Å². The molecular weight excluding hydrogens is 556 g/mol. The van der Waals surface area contributed by atoms with Crippen LogP contribution in [0.3, 0.4) is 0 Å². The van der Waals surface area contributed by atoms with Gasteiger partial charge in [-0.2, -0.15) is 0 Å². The van der Waals surface area contributed by atoms with Crippen molar-refractivity contribution >= 4 is 29.7 Å². The number of carbonyl (C=O) groups excluding carboxylic acids is 2. The molecule has 0 saturated carbocycles. The molecule has 16 heteroatoms. The van der Waals surface area contributed by atoms with Crippen LogP contribution in [0.1, 0.15) is 13.8 Å². The van der Waals surface area contributed by atoms with E-state index in [9.17, 15) is 39.3 Å². The first kappa shape index (κ1) is 37.1. The van der Waals surface area contributed by atoms with Gasteiger partial charge in [-0.1, -0.05) is 13.8 Å². The predicted octanol–water partition coefficient (Wildman–Crippen LogP) is -2.62. The molecule has 0 aliphatic carbocycles. The van der Waals surface area contributed by atoms with E-state index in [1.807, 2.05) is 18.7 Å². The van der Waals surface area contributed by atoms with E-state index in [1.54, 1.807) is 14.7 Å². The Kier molecular flexibility index (Phi) is 19.2. The quantitative estimate of drug-likeness (QED) is 0.102. The molecule has 242 valence electrons. The normalized spacial score (nSPS) is 16.8. The van der Waals surface area contributed by atoms with Gasteiger partial charge >= 0.3 is 17.9 Å². The highest BCUT2D eigenvalue weighted by molar-refractivity contribution is 5.78. The molecule has 0 bridgehead atoms. The van der Waals surface area contributed by atoms with Crippen molar-refractivity contribution in [2.45, 2.75) is 13.8 Å². The predicted molar refractivity (Wildman–Crippen MR) is 151 cm³/mol. The van der Waals surface area contributed by atoms with Crippen LogP contribution in [0.4, 0.5) is 0 Å². The molecule has 0 spiro atoms. The Morgan fingerprint density at radius 3 is 1.40 bits per heavy atom. The number of ether oxygens (including phenoxy) is 2. The largest absolute Gasteiger partial charge is 0.480 e. The van der Waals surface area contributed by atoms with Gasteiger partial charge in [0.15, 0.2) is 0 Å². The van der Waals surface area contributed by atoms with Crippen molar-refractivity contribution in [1.82, 2.24) is 30.2 Å². The molecule has 0 aromatic carbocycles. The summed E-state index contributed by atoms with van der Waals surface area (Å²) in [5.41, 5.74) is 0. The lowest BCUT2D eigenvalue weighted by atomic mass is 10.2. The minimum absolute atomic E-state index is 0.0293. The van der Waals surface area contributed by atoms with Crippen LogP contribution in [0.15, 0.2) is 0 Å². The number of aliphatic carboxylic acids is 3. The Morgan fingerprint density at radius 1 is 0.595 bits per heavy atom. The fourth-order valence-corrected chi connectivity index (χ4v) is 4.06. The lowest BCUT2D eigenvalue weighted by molar-refractivity contribution is -0.140. The maximum atomic E-state index is 12.6. The van der Waals surface area contributed by atoms with Crippen LogP contribution in [-0.4, -0.2) is 183 Å². The van der Waals surface area contributed by atoms with E-state index in [-0.39, 0.29) is 71.0 Å². The van der Waals surface area contributed by atoms with Crippen LogP contribution in [0, 0.1) is 5.92 Å². The maximum absolute atomic E-state index is 12.6. The van der Waals surface area contributed by atoms with Gasteiger partial charge in [-0.3, -0.25) is 43.6 Å². The lowest BCUT2D eigenvalue weighted by Gasteiger charge is -2.32. The smallest absolute Gasteiger partial charge is 0.317 e. The van der Waals surface area contributed by atoms with Gasteiger partial charge in [0.2, 0.25) is 11.8 Å². The molecule has 0 atom stereocenters. The maximum Gasteiger partial charge on any atom is 0.317 e. The Hall–Kier alpha value is -2.89. The zero-order chi connectivity index (χ0) is 31.3. The van der Waals surface area contributed by atoms with E-state index < -0.39 is 17.9 Å². The van der Waals surface area contributed by atoms with Crippen molar-refractivity contribution in [3.63, 3.8) is 0 Å². The first-order valence-corrected chi connectivity index (χ1v) is 14.2. The molecule has 1 saturated heterocycles. The molecule has 42 heavy (non-hydrogen) atoms. The van der Waals surface area contributed by atoms with E-state index in [4.69, 9.17) is 9.47 Å². The molecule has 1 heterocycles. The van der Waals surface area contributed by atoms with Crippen LogP contribution in [0.2, 0.25) is 0 Å². The summed E-state index contributed by atoms with van der Waals surface area (Å²) in [5, 5.41) is 33.4. The minimum atomic E-state index is -1.02. The van der Waals surface area contributed by atoms with Crippen molar-refractivity contribution in [2.75, 3.05) is 118 Å². The van der Waals surface area contributed by atoms with E-state index in [1.165, 1.54) is 0 Å². The third-order valence-electron chi connectivity index (χ3n) is 6.25. The van der Waals surface area contributed by atoms with Crippen molar-refractivity contribution in [3.05, 3.63) is 0 Å². The Morgan fingerprint density at radius 2 is 1.00 bits per heavy atom. The highest BCUT2D eigenvalue weighted by Crippen LogP contribution is 2.01. The zero-order valence-electron chi connectivity index (χ0n) is 24.8. The zero-order valence-corrected chi connectivity index (χ0v) is 24.8. The number of nitrogens with one attached hydrogen (secondary N) is 2. The summed E-state index contributed by atoms with van der Waals surface area (Å²) in [7, 11) is 0. The van der Waals surface area contributed by atoms with Gasteiger partial charge in [-0.05, 0) is 5.92 Å². The van der Waals surface area contributed by atoms with Crippen molar-refractivity contribution in [3.8, 4) is 0 Å². The van der Waals surface area contributed by atoms with E-state index in [0.29, 0.717) is 64.8 Å². The van der Waals surface area contributed by atoms with Crippen molar-refractivity contribution in [2.24, 2.45) is 5.92 Å². The third kappa shape index (κ3) is 20.1. The minimum Gasteiger partial charge on any atom is -0.480 e. The summed E-state index contributed by atoms with van der Waals surface area (Å²) in [6.07, 6.45) is 0. The van der Waals surface area contributed by atoms with Crippen LogP contribution >= 0.6 is 0 Å². The fourth-order valence-electron chi connectivity index (χ4n) is 4.06. The summed E-state index contributed by atoms with van der Waals surface area (Å²) >= 11 is 0. The molecule has 1 rings (SSSR count). The second kappa shape index (κ2) is 21.8. The second-order valence-corrected chi connectivity index (χ2v) is 10.5. The number of carboxylic acid groups (broad SMARTS) is 3. The highest BCUT2D eigenvalue weighted by Gasteiger charge is 2.21. The fraction of sp³-hybridized carbons (Fsp3) is 0.808. The molecule has 0 aromatic heterocycles. The van der Waals surface area contributed by atoms with Gasteiger partial charge in [0.1, 0.15) is 6.61 Å². The first-order valence-electron chi connectivity index (χ1n) is 14.2. The first-order chi connectivity index (χ1) is 19.9. The molecule has 0 aromatic rings. The molecule has 1 fully saturated rings. The van der Waals surface area contributed by atoms with Gasteiger partial charge in [-0.25, -0.2) is 0 Å². The molecule has 2 amide bonds. The standard InChI is InChI=1S/C26H48N6O10/c1-21(2)15-28-23(34)20-42-14-13-41-12-3-27-22(33)16-29-4-6-30(17-24(35)36)8-10-32(19-26(39)40)11-9-31(7-5-29)18-25(37)38/h21H,3-20H2,1-2H3,(H,27,33)(H,28,34)(H,35,36)(H,37,38)(H,39,40). The number of hydrogen-bond donors (Lipinski definition) is 5. The van der Waals surface area contributed by atoms with E-state index in [2.05, 4.69) is 10.6 Å². The number of carboxylic acids is 3. The molecule has 5 N–H and O–H groups in total. The summed E-state index contributed by atoms with van der Waals surface area (Å²) in [5.74, 6) is -3.13. The Balaban J connectivity index is 2.56. The number of rotatable bonds is 18. The van der Waals surface area contributed by atoms with Crippen LogP contribution in [-0.2, 0) is 33.4 Å². The molecule has 1 aliphatic rings. The highest BCUT2D eigenvalue weighted by atomic mass is 16.5. The second-order valence-electron chi connectivity index (χ2n) is 10.5. The molecule has 0 radical (unpaired) electrons. The average molecular weight is 605 g/mol. The van der Waals surface area contributed by atoms with E-state index >= 15 is 0 Å². The van der Waals surface area contributed by atoms with Crippen LogP contribution in [0.5, 0.6) is 0 Å². The third-order valence-corrected chi connectivity index (χ3v) is 6.25. The number of nitrogens with zero attached hydrogens (tertiary/aromatic N) is 4. The summed E-state index contributed by atoms with van der Waals surface area (Å²) in [6, 6.07) is 0. The summed E-state index contributed by atoms with van der Waals surface area (Å²) in [4.78, 5) is 65.2. The molecule has 1 aliphatic heterocycles. The van der Waals surface area contributed by atoms with Crippen LogP contribution in [0.25, 0.3) is 0 Å². The summed E-state index contributed by atoms with van der Waals surface area (Å²) in [6.45, 7) is 7.51. The van der Waals surface area contributed by atoms with Crippen molar-refractivity contribution < 1.29 is 48.8 Å². The molecule has 16 nitrogen and oxygen atoms in total. The monoisotopic (exact) mass is 604 g/mol. The lowest BCUT2D eigenvalue weighted by Crippen LogP contribution is -2.50. The number of amides is 2. The number of hydrogen-bond acceptors (Lipinski definition) is 11. The average Bonchev–Trinajstić information content (AvgIpc) is 2.89.